The average Bonchev–Trinajstić information content (AvgIpc) is 3.13. The van der Waals surface area contributed by atoms with Crippen molar-refractivity contribution in [3.8, 4) is 33.6 Å². The largest absolute Gasteiger partial charge is 0.366 e. The molecule has 0 aliphatic rings. The zero-order valence-electron chi connectivity index (χ0n) is 12.5. The summed E-state index contributed by atoms with van der Waals surface area (Å²) in [5.74, 6) is 0. The van der Waals surface area contributed by atoms with Gasteiger partial charge in [0.2, 0.25) is 0 Å². The van der Waals surface area contributed by atoms with E-state index in [0.717, 1.165) is 33.6 Å². The van der Waals surface area contributed by atoms with Gasteiger partial charge in [0.1, 0.15) is 0 Å². The van der Waals surface area contributed by atoms with Gasteiger partial charge in [0.25, 0.3) is 0 Å². The van der Waals surface area contributed by atoms with E-state index in [1.54, 1.807) is 0 Å². The summed E-state index contributed by atoms with van der Waals surface area (Å²) in [5.41, 5.74) is 6.39. The number of nitrogens with one attached hydrogen (secondary N) is 1. The summed E-state index contributed by atoms with van der Waals surface area (Å²) < 4.78 is 0. The fourth-order valence-electron chi connectivity index (χ4n) is 2.70. The van der Waals surface area contributed by atoms with Crippen molar-refractivity contribution in [3.05, 3.63) is 85.5 Å². The lowest BCUT2D eigenvalue weighted by molar-refractivity contribution is 1.32. The monoisotopic (exact) mass is 297 g/mol. The molecule has 0 bridgehead atoms. The number of aromatic nitrogens is 3. The number of benzene rings is 1. The molecule has 0 saturated carbocycles. The first-order chi connectivity index (χ1) is 11.4. The van der Waals surface area contributed by atoms with Gasteiger partial charge in [0.15, 0.2) is 0 Å². The quantitative estimate of drug-likeness (QED) is 0.590. The predicted molar refractivity (Wildman–Crippen MR) is 92.7 cm³/mol. The summed E-state index contributed by atoms with van der Waals surface area (Å²) in [6.07, 6.45) is 7.66. The highest BCUT2D eigenvalue weighted by atomic mass is 14.7. The molecule has 3 nitrogen and oxygen atoms in total. The van der Waals surface area contributed by atoms with Crippen molar-refractivity contribution in [1.29, 1.82) is 0 Å². The Bertz CT molecular complexity index is 912. The predicted octanol–water partition coefficient (Wildman–Crippen LogP) is 4.81. The molecule has 1 N–H and O–H groups in total. The lowest BCUT2D eigenvalue weighted by Gasteiger charge is -2.06. The minimum atomic E-state index is 0.960. The van der Waals surface area contributed by atoms with Crippen LogP contribution in [-0.4, -0.2) is 15.0 Å². The summed E-state index contributed by atoms with van der Waals surface area (Å²) >= 11 is 0. The van der Waals surface area contributed by atoms with Gasteiger partial charge in [0.05, 0.1) is 11.4 Å². The summed E-state index contributed by atoms with van der Waals surface area (Å²) in [7, 11) is 0. The summed E-state index contributed by atoms with van der Waals surface area (Å²) in [4.78, 5) is 12.1. The van der Waals surface area contributed by atoms with Crippen molar-refractivity contribution in [1.82, 2.24) is 15.0 Å². The van der Waals surface area contributed by atoms with E-state index in [4.69, 9.17) is 0 Å². The first kappa shape index (κ1) is 13.5. The number of rotatable bonds is 3. The molecule has 0 fully saturated rings. The van der Waals surface area contributed by atoms with Crippen LogP contribution in [0, 0.1) is 0 Å². The van der Waals surface area contributed by atoms with Crippen molar-refractivity contribution in [2.75, 3.05) is 0 Å². The minimum Gasteiger partial charge on any atom is -0.366 e. The first-order valence-electron chi connectivity index (χ1n) is 7.52. The van der Waals surface area contributed by atoms with E-state index in [-0.39, 0.29) is 0 Å². The highest BCUT2D eigenvalue weighted by Crippen LogP contribution is 2.32. The summed E-state index contributed by atoms with van der Waals surface area (Å²) in [6, 6.07) is 20.3. The maximum absolute atomic E-state index is 4.50. The lowest BCUT2D eigenvalue weighted by atomic mass is 10.0. The SMILES string of the molecule is c1ccc(-c2cc(-c3c[nH]cc3-c3ccccn3)ccn2)cc1. The molecule has 0 saturated heterocycles. The van der Waals surface area contributed by atoms with Gasteiger partial charge in [-0.15, -0.1) is 0 Å². The third kappa shape index (κ3) is 2.64. The molecule has 3 aromatic heterocycles. The van der Waals surface area contributed by atoms with Crippen LogP contribution in [0.3, 0.4) is 0 Å². The van der Waals surface area contributed by atoms with Crippen LogP contribution < -0.4 is 0 Å². The van der Waals surface area contributed by atoms with E-state index in [1.165, 1.54) is 0 Å². The number of aromatic amines is 1. The van der Waals surface area contributed by atoms with Crippen LogP contribution >= 0.6 is 0 Å². The summed E-state index contributed by atoms with van der Waals surface area (Å²) in [5, 5.41) is 0. The minimum absolute atomic E-state index is 0.960. The molecule has 0 radical (unpaired) electrons. The molecule has 0 aliphatic carbocycles. The fraction of sp³-hybridized carbons (Fsp3) is 0. The van der Waals surface area contributed by atoms with E-state index in [9.17, 15) is 0 Å². The van der Waals surface area contributed by atoms with Crippen LogP contribution in [0.4, 0.5) is 0 Å². The Balaban J connectivity index is 1.80. The second-order valence-electron chi connectivity index (χ2n) is 5.29. The Morgan fingerprint density at radius 2 is 1.39 bits per heavy atom. The molecule has 0 aliphatic heterocycles. The molecule has 3 heterocycles. The van der Waals surface area contributed by atoms with Gasteiger partial charge < -0.3 is 4.98 Å². The van der Waals surface area contributed by atoms with Gasteiger partial charge in [-0.3, -0.25) is 9.97 Å². The molecule has 23 heavy (non-hydrogen) atoms. The van der Waals surface area contributed by atoms with Crippen LogP contribution in [0.25, 0.3) is 33.6 Å². The highest BCUT2D eigenvalue weighted by Gasteiger charge is 2.10. The van der Waals surface area contributed by atoms with Gasteiger partial charge >= 0.3 is 0 Å². The van der Waals surface area contributed by atoms with Gasteiger partial charge in [-0.05, 0) is 29.8 Å². The van der Waals surface area contributed by atoms with Crippen LogP contribution in [0.1, 0.15) is 0 Å². The topological polar surface area (TPSA) is 41.6 Å². The molecule has 0 amide bonds. The first-order valence-corrected chi connectivity index (χ1v) is 7.52. The van der Waals surface area contributed by atoms with E-state index in [1.807, 2.05) is 67.3 Å². The van der Waals surface area contributed by atoms with Gasteiger partial charge in [-0.1, -0.05) is 36.4 Å². The van der Waals surface area contributed by atoms with Crippen molar-refractivity contribution in [3.63, 3.8) is 0 Å². The van der Waals surface area contributed by atoms with Crippen molar-refractivity contribution >= 4 is 0 Å². The maximum Gasteiger partial charge on any atom is 0.0723 e. The summed E-state index contributed by atoms with van der Waals surface area (Å²) in [6.45, 7) is 0. The third-order valence-electron chi connectivity index (χ3n) is 3.83. The zero-order valence-corrected chi connectivity index (χ0v) is 12.5. The van der Waals surface area contributed by atoms with Crippen LogP contribution in [0.5, 0.6) is 0 Å². The van der Waals surface area contributed by atoms with Gasteiger partial charge in [-0.2, -0.15) is 0 Å². The van der Waals surface area contributed by atoms with E-state index in [2.05, 4.69) is 33.2 Å². The normalized spacial score (nSPS) is 10.6. The van der Waals surface area contributed by atoms with Gasteiger partial charge in [-0.25, -0.2) is 0 Å². The molecular weight excluding hydrogens is 282 g/mol. The molecule has 0 spiro atoms. The number of pyridine rings is 2. The number of nitrogens with zero attached hydrogens (tertiary/aromatic N) is 2. The fourth-order valence-corrected chi connectivity index (χ4v) is 2.70. The molecular formula is C20H15N3. The maximum atomic E-state index is 4.50. The Labute approximate surface area is 134 Å². The molecule has 4 rings (SSSR count). The standard InChI is InChI=1S/C20H15N3/c1-2-6-15(7-3-1)20-12-16(9-11-23-20)17-13-21-14-18(17)19-8-4-5-10-22-19/h1-14,21H. The Morgan fingerprint density at radius 1 is 0.609 bits per heavy atom. The highest BCUT2D eigenvalue weighted by molar-refractivity contribution is 5.82. The van der Waals surface area contributed by atoms with Crippen molar-refractivity contribution < 1.29 is 0 Å². The molecule has 0 unspecified atom stereocenters. The number of H-pyrrole nitrogens is 1. The van der Waals surface area contributed by atoms with Crippen LogP contribution in [-0.2, 0) is 0 Å². The molecule has 4 aromatic rings. The Kier molecular flexibility index (Phi) is 3.45. The number of hydrogen-bond acceptors (Lipinski definition) is 2. The van der Waals surface area contributed by atoms with Crippen molar-refractivity contribution in [2.45, 2.75) is 0 Å². The average molecular weight is 297 g/mol. The Morgan fingerprint density at radius 3 is 2.22 bits per heavy atom. The van der Waals surface area contributed by atoms with Crippen LogP contribution in [0.2, 0.25) is 0 Å². The lowest BCUT2D eigenvalue weighted by Crippen LogP contribution is -1.87. The third-order valence-corrected chi connectivity index (χ3v) is 3.83. The van der Waals surface area contributed by atoms with E-state index in [0.29, 0.717) is 0 Å². The van der Waals surface area contributed by atoms with Crippen LogP contribution in [0.15, 0.2) is 85.5 Å². The van der Waals surface area contributed by atoms with Gasteiger partial charge in [0, 0.05) is 41.5 Å². The molecule has 0 atom stereocenters. The second kappa shape index (κ2) is 5.89. The Hall–Kier alpha value is -3.20. The number of hydrogen-bond donors (Lipinski definition) is 1. The zero-order chi connectivity index (χ0) is 15.5. The van der Waals surface area contributed by atoms with Crippen molar-refractivity contribution in [2.24, 2.45) is 0 Å². The smallest absolute Gasteiger partial charge is 0.0723 e. The molecule has 1 aromatic carbocycles. The van der Waals surface area contributed by atoms with E-state index >= 15 is 0 Å². The second-order valence-corrected chi connectivity index (χ2v) is 5.29. The molecule has 3 heteroatoms. The van der Waals surface area contributed by atoms with E-state index < -0.39 is 0 Å². The molecule has 110 valence electrons.